The lowest BCUT2D eigenvalue weighted by Gasteiger charge is -2.28. The third-order valence-corrected chi connectivity index (χ3v) is 4.36. The predicted molar refractivity (Wildman–Crippen MR) is 74.2 cm³/mol. The van der Waals surface area contributed by atoms with Crippen molar-refractivity contribution in [2.24, 2.45) is 23.7 Å². The molecule has 1 amide bonds. The number of fused-ring (bicyclic) bond motifs is 2. The second-order valence-electron chi connectivity index (χ2n) is 5.65. The minimum Gasteiger partial charge on any atom is -0.481 e. The Bertz CT molecular complexity index is 473. The van der Waals surface area contributed by atoms with Gasteiger partial charge in [0.05, 0.1) is 24.9 Å². The van der Waals surface area contributed by atoms with Crippen LogP contribution in [0.5, 0.6) is 0 Å². The number of ether oxygens (including phenoxy) is 1. The molecule has 0 aliphatic heterocycles. The number of carbonyl (C=O) groups is 3. The third kappa shape index (κ3) is 3.09. The van der Waals surface area contributed by atoms with E-state index in [1.54, 1.807) is 14.0 Å². The molecule has 0 radical (unpaired) electrons. The van der Waals surface area contributed by atoms with Crippen LogP contribution in [0.15, 0.2) is 12.2 Å². The molecule has 0 aromatic rings. The maximum Gasteiger partial charge on any atom is 0.307 e. The SMILES string of the molecule is CCOC(=O)CCN(C)C(=O)[C@H]1C2C=CC(C2)[C@H]1C(=O)O. The molecule has 21 heavy (non-hydrogen) atoms. The van der Waals surface area contributed by atoms with Gasteiger partial charge in [-0.25, -0.2) is 0 Å². The van der Waals surface area contributed by atoms with Gasteiger partial charge in [-0.15, -0.1) is 0 Å². The van der Waals surface area contributed by atoms with Crippen molar-refractivity contribution >= 4 is 17.8 Å². The highest BCUT2D eigenvalue weighted by molar-refractivity contribution is 5.87. The van der Waals surface area contributed by atoms with Crippen LogP contribution in [0, 0.1) is 23.7 Å². The lowest BCUT2D eigenvalue weighted by atomic mass is 9.82. The molecule has 0 aromatic heterocycles. The first-order valence-electron chi connectivity index (χ1n) is 7.27. The molecule has 0 aromatic carbocycles. The Morgan fingerprint density at radius 2 is 1.86 bits per heavy atom. The molecule has 4 atom stereocenters. The van der Waals surface area contributed by atoms with Gasteiger partial charge < -0.3 is 14.7 Å². The van der Waals surface area contributed by atoms with E-state index < -0.39 is 17.8 Å². The molecule has 2 rings (SSSR count). The third-order valence-electron chi connectivity index (χ3n) is 4.36. The molecule has 0 heterocycles. The van der Waals surface area contributed by atoms with Crippen LogP contribution >= 0.6 is 0 Å². The number of hydrogen-bond acceptors (Lipinski definition) is 4. The summed E-state index contributed by atoms with van der Waals surface area (Å²) in [5, 5.41) is 9.35. The summed E-state index contributed by atoms with van der Waals surface area (Å²) in [5.41, 5.74) is 0. The van der Waals surface area contributed by atoms with Crippen LogP contribution in [-0.4, -0.2) is 48.1 Å². The van der Waals surface area contributed by atoms with Gasteiger partial charge in [-0.05, 0) is 25.2 Å². The zero-order valence-corrected chi connectivity index (χ0v) is 12.3. The number of aliphatic carboxylic acids is 1. The maximum absolute atomic E-state index is 12.5. The van der Waals surface area contributed by atoms with Crippen molar-refractivity contribution in [2.45, 2.75) is 19.8 Å². The number of nitrogens with zero attached hydrogens (tertiary/aromatic N) is 1. The first-order valence-corrected chi connectivity index (χ1v) is 7.27. The minimum atomic E-state index is -0.913. The van der Waals surface area contributed by atoms with E-state index in [4.69, 9.17) is 4.74 Å². The molecule has 2 unspecified atom stereocenters. The number of carbonyl (C=O) groups excluding carboxylic acids is 2. The summed E-state index contributed by atoms with van der Waals surface area (Å²) in [6.45, 7) is 2.29. The summed E-state index contributed by atoms with van der Waals surface area (Å²) >= 11 is 0. The molecule has 116 valence electrons. The molecular weight excluding hydrogens is 274 g/mol. The van der Waals surface area contributed by atoms with E-state index >= 15 is 0 Å². The average Bonchev–Trinajstić information content (AvgIpc) is 3.04. The number of carboxylic acid groups (broad SMARTS) is 1. The zero-order valence-electron chi connectivity index (χ0n) is 12.3. The fourth-order valence-electron chi connectivity index (χ4n) is 3.35. The lowest BCUT2D eigenvalue weighted by molar-refractivity contribution is -0.151. The summed E-state index contributed by atoms with van der Waals surface area (Å²) in [5.74, 6) is -2.64. The van der Waals surface area contributed by atoms with Gasteiger partial charge in [0.25, 0.3) is 0 Å². The highest BCUT2D eigenvalue weighted by Crippen LogP contribution is 2.48. The van der Waals surface area contributed by atoms with Gasteiger partial charge in [0.2, 0.25) is 5.91 Å². The van der Waals surface area contributed by atoms with Crippen molar-refractivity contribution in [3.05, 3.63) is 12.2 Å². The molecular formula is C15H21NO5. The van der Waals surface area contributed by atoms with E-state index in [1.807, 2.05) is 12.2 Å². The van der Waals surface area contributed by atoms with Crippen molar-refractivity contribution in [1.82, 2.24) is 4.90 Å². The zero-order chi connectivity index (χ0) is 15.6. The minimum absolute atomic E-state index is 0.00800. The van der Waals surface area contributed by atoms with Crippen LogP contribution in [0.25, 0.3) is 0 Å². The molecule has 2 aliphatic rings. The monoisotopic (exact) mass is 295 g/mol. The largest absolute Gasteiger partial charge is 0.481 e. The number of carboxylic acids is 1. The number of allylic oxidation sites excluding steroid dienone is 2. The van der Waals surface area contributed by atoms with E-state index in [2.05, 4.69) is 0 Å². The highest BCUT2D eigenvalue weighted by atomic mass is 16.5. The van der Waals surface area contributed by atoms with Crippen LogP contribution in [0.4, 0.5) is 0 Å². The Morgan fingerprint density at radius 3 is 2.43 bits per heavy atom. The highest BCUT2D eigenvalue weighted by Gasteiger charge is 2.52. The van der Waals surface area contributed by atoms with Gasteiger partial charge in [0.1, 0.15) is 0 Å². The lowest BCUT2D eigenvalue weighted by Crippen LogP contribution is -2.41. The predicted octanol–water partition coefficient (Wildman–Crippen LogP) is 0.921. The Hall–Kier alpha value is -1.85. The van der Waals surface area contributed by atoms with E-state index in [0.717, 1.165) is 6.42 Å². The van der Waals surface area contributed by atoms with E-state index in [-0.39, 0.29) is 36.7 Å². The number of amides is 1. The first kappa shape index (κ1) is 15.5. The van der Waals surface area contributed by atoms with E-state index in [1.165, 1.54) is 4.90 Å². The quantitative estimate of drug-likeness (QED) is 0.582. The summed E-state index contributed by atoms with van der Waals surface area (Å²) in [6, 6.07) is 0. The van der Waals surface area contributed by atoms with Gasteiger partial charge in [-0.2, -0.15) is 0 Å². The van der Waals surface area contributed by atoms with Crippen LogP contribution in [0.3, 0.4) is 0 Å². The molecule has 0 spiro atoms. The van der Waals surface area contributed by atoms with Gasteiger partial charge in [0.15, 0.2) is 0 Å². The van der Waals surface area contributed by atoms with Crippen molar-refractivity contribution in [1.29, 1.82) is 0 Å². The van der Waals surface area contributed by atoms with Crippen molar-refractivity contribution < 1.29 is 24.2 Å². The normalized spacial score (nSPS) is 29.4. The molecule has 1 N–H and O–H groups in total. The van der Waals surface area contributed by atoms with Crippen LogP contribution in [0.1, 0.15) is 19.8 Å². The number of rotatable bonds is 6. The van der Waals surface area contributed by atoms with Crippen molar-refractivity contribution in [3.8, 4) is 0 Å². The van der Waals surface area contributed by atoms with Gasteiger partial charge >= 0.3 is 11.9 Å². The Labute approximate surface area is 123 Å². The van der Waals surface area contributed by atoms with Crippen molar-refractivity contribution in [3.63, 3.8) is 0 Å². The molecule has 2 bridgehead atoms. The smallest absolute Gasteiger partial charge is 0.307 e. The van der Waals surface area contributed by atoms with Gasteiger partial charge in [-0.1, -0.05) is 12.2 Å². The summed E-state index contributed by atoms with van der Waals surface area (Å²) in [4.78, 5) is 36.7. The molecule has 6 heteroatoms. The standard InChI is InChI=1S/C15H21NO5/c1-3-21-11(17)6-7-16(2)14(18)12-9-4-5-10(8-9)13(12)15(19)20/h4-5,9-10,12-13H,3,6-8H2,1-2H3,(H,19,20)/t9?,10?,12-,13+/m0/s1. The maximum atomic E-state index is 12.5. The van der Waals surface area contributed by atoms with Crippen LogP contribution < -0.4 is 0 Å². The Balaban J connectivity index is 1.97. The fourth-order valence-corrected chi connectivity index (χ4v) is 3.35. The fraction of sp³-hybridized carbons (Fsp3) is 0.667. The summed E-state index contributed by atoms with van der Waals surface area (Å²) in [7, 11) is 1.61. The molecule has 2 aliphatic carbocycles. The summed E-state index contributed by atoms with van der Waals surface area (Å²) in [6.07, 6.45) is 4.72. The molecule has 1 saturated carbocycles. The van der Waals surface area contributed by atoms with Gasteiger partial charge in [0, 0.05) is 13.6 Å². The van der Waals surface area contributed by atoms with Crippen LogP contribution in [-0.2, 0) is 19.1 Å². The second-order valence-corrected chi connectivity index (χ2v) is 5.65. The van der Waals surface area contributed by atoms with Crippen molar-refractivity contribution in [2.75, 3.05) is 20.2 Å². The number of esters is 1. The second kappa shape index (κ2) is 6.28. The van der Waals surface area contributed by atoms with Crippen LogP contribution in [0.2, 0.25) is 0 Å². The summed E-state index contributed by atoms with van der Waals surface area (Å²) < 4.78 is 4.82. The van der Waals surface area contributed by atoms with Gasteiger partial charge in [-0.3, -0.25) is 14.4 Å². The first-order chi connectivity index (χ1) is 9.95. The average molecular weight is 295 g/mol. The number of hydrogen-bond donors (Lipinski definition) is 1. The molecule has 1 fully saturated rings. The Morgan fingerprint density at radius 1 is 1.24 bits per heavy atom. The topological polar surface area (TPSA) is 83.9 Å². The Kier molecular flexibility index (Phi) is 4.65. The van der Waals surface area contributed by atoms with E-state index in [9.17, 15) is 19.5 Å². The molecule has 0 saturated heterocycles. The van der Waals surface area contributed by atoms with E-state index in [0.29, 0.717) is 6.61 Å². The molecule has 6 nitrogen and oxygen atoms in total.